The molecule has 1 aromatic carbocycles. The molecular formula is C19H27ClN2O. The number of nitrogens with zero attached hydrogens (tertiary/aromatic N) is 1. The summed E-state index contributed by atoms with van der Waals surface area (Å²) < 4.78 is 0. The van der Waals surface area contributed by atoms with Gasteiger partial charge in [0.25, 0.3) is 0 Å². The van der Waals surface area contributed by atoms with Crippen molar-refractivity contribution in [1.82, 2.24) is 4.90 Å². The van der Waals surface area contributed by atoms with Gasteiger partial charge in [-0.3, -0.25) is 4.79 Å². The minimum Gasteiger partial charge on any atom is -0.342 e. The summed E-state index contributed by atoms with van der Waals surface area (Å²) in [5.41, 5.74) is 7.31. The molecule has 0 aromatic heterocycles. The summed E-state index contributed by atoms with van der Waals surface area (Å²) in [5.74, 6) is 1.20. The quantitative estimate of drug-likeness (QED) is 0.863. The van der Waals surface area contributed by atoms with E-state index in [9.17, 15) is 4.79 Å². The van der Waals surface area contributed by atoms with Crippen molar-refractivity contribution in [3.63, 3.8) is 0 Å². The molecule has 1 aromatic rings. The number of rotatable bonds is 6. The van der Waals surface area contributed by atoms with E-state index in [2.05, 4.69) is 17.0 Å². The highest BCUT2D eigenvalue weighted by molar-refractivity contribution is 6.30. The number of hydrogen-bond acceptors (Lipinski definition) is 2. The minimum atomic E-state index is 0.141. The number of benzene rings is 1. The van der Waals surface area contributed by atoms with Gasteiger partial charge in [0, 0.05) is 30.1 Å². The molecule has 2 aliphatic carbocycles. The molecule has 23 heavy (non-hydrogen) atoms. The molecule has 0 spiro atoms. The van der Waals surface area contributed by atoms with Crippen LogP contribution in [0.25, 0.3) is 0 Å². The second-order valence-corrected chi connectivity index (χ2v) is 7.66. The number of hydrogen-bond donors (Lipinski definition) is 1. The Bertz CT molecular complexity index is 527. The van der Waals surface area contributed by atoms with Crippen molar-refractivity contribution in [2.45, 2.75) is 51.0 Å². The van der Waals surface area contributed by atoms with E-state index in [1.165, 1.54) is 18.4 Å². The average Bonchev–Trinajstić information content (AvgIpc) is 3.36. The van der Waals surface area contributed by atoms with Crippen molar-refractivity contribution in [3.8, 4) is 0 Å². The summed E-state index contributed by atoms with van der Waals surface area (Å²) in [6.07, 6.45) is 7.47. The standard InChI is InChI=1S/C19H27ClN2O/c20-17-8-6-14(7-9-17)10-11-22(13-15-4-5-15)19(23)16-2-1-3-18(21)12-16/h6-9,15-16,18H,1-5,10-13,21H2. The van der Waals surface area contributed by atoms with Gasteiger partial charge in [-0.2, -0.15) is 0 Å². The smallest absolute Gasteiger partial charge is 0.225 e. The molecule has 2 fully saturated rings. The Morgan fingerprint density at radius 1 is 1.17 bits per heavy atom. The molecule has 0 saturated heterocycles. The van der Waals surface area contributed by atoms with Crippen molar-refractivity contribution < 1.29 is 4.79 Å². The summed E-state index contributed by atoms with van der Waals surface area (Å²) in [4.78, 5) is 15.0. The lowest BCUT2D eigenvalue weighted by molar-refractivity contribution is -0.137. The van der Waals surface area contributed by atoms with E-state index in [-0.39, 0.29) is 12.0 Å². The molecule has 126 valence electrons. The number of nitrogens with two attached hydrogens (primary N) is 1. The third kappa shape index (κ3) is 4.95. The van der Waals surface area contributed by atoms with Gasteiger partial charge in [-0.25, -0.2) is 0 Å². The Morgan fingerprint density at radius 2 is 1.91 bits per heavy atom. The molecule has 2 N–H and O–H groups in total. The molecule has 3 nitrogen and oxygen atoms in total. The first-order chi connectivity index (χ1) is 11.1. The zero-order chi connectivity index (χ0) is 16.2. The number of halogens is 1. The van der Waals surface area contributed by atoms with E-state index in [1.807, 2.05) is 12.1 Å². The topological polar surface area (TPSA) is 46.3 Å². The first kappa shape index (κ1) is 16.8. The molecule has 2 aliphatic rings. The van der Waals surface area contributed by atoms with Crippen LogP contribution in [-0.4, -0.2) is 29.9 Å². The molecule has 0 radical (unpaired) electrons. The van der Waals surface area contributed by atoms with Gasteiger partial charge in [-0.05, 0) is 62.1 Å². The van der Waals surface area contributed by atoms with Gasteiger partial charge in [-0.1, -0.05) is 30.2 Å². The Morgan fingerprint density at radius 3 is 2.57 bits per heavy atom. The van der Waals surface area contributed by atoms with E-state index >= 15 is 0 Å². The summed E-state index contributed by atoms with van der Waals surface area (Å²) >= 11 is 5.94. The molecule has 4 heteroatoms. The molecule has 2 atom stereocenters. The van der Waals surface area contributed by atoms with Crippen molar-refractivity contribution >= 4 is 17.5 Å². The maximum Gasteiger partial charge on any atom is 0.225 e. The molecule has 1 amide bonds. The third-order valence-corrected chi connectivity index (χ3v) is 5.39. The van der Waals surface area contributed by atoms with E-state index in [0.717, 1.165) is 56.1 Å². The zero-order valence-corrected chi connectivity index (χ0v) is 14.5. The summed E-state index contributed by atoms with van der Waals surface area (Å²) in [7, 11) is 0. The number of amides is 1. The summed E-state index contributed by atoms with van der Waals surface area (Å²) in [5, 5.41) is 0.760. The van der Waals surface area contributed by atoms with Crippen LogP contribution >= 0.6 is 11.6 Å². The fourth-order valence-corrected chi connectivity index (χ4v) is 3.65. The second kappa shape index (κ2) is 7.67. The summed E-state index contributed by atoms with van der Waals surface area (Å²) in [6, 6.07) is 8.16. The number of carbonyl (C=O) groups excluding carboxylic acids is 1. The van der Waals surface area contributed by atoms with E-state index in [0.29, 0.717) is 5.91 Å². The van der Waals surface area contributed by atoms with Gasteiger partial charge in [0.05, 0.1) is 0 Å². The number of carbonyl (C=O) groups is 1. The molecule has 2 saturated carbocycles. The highest BCUT2D eigenvalue weighted by Crippen LogP contribution is 2.32. The van der Waals surface area contributed by atoms with Crippen LogP contribution in [0.1, 0.15) is 44.1 Å². The largest absolute Gasteiger partial charge is 0.342 e. The molecule has 0 aliphatic heterocycles. The highest BCUT2D eigenvalue weighted by Gasteiger charge is 2.32. The average molecular weight is 335 g/mol. The van der Waals surface area contributed by atoms with Crippen LogP contribution in [0.5, 0.6) is 0 Å². The van der Waals surface area contributed by atoms with Crippen molar-refractivity contribution in [3.05, 3.63) is 34.9 Å². The van der Waals surface area contributed by atoms with Crippen LogP contribution in [0.2, 0.25) is 5.02 Å². The van der Waals surface area contributed by atoms with Gasteiger partial charge >= 0.3 is 0 Å². The Hall–Kier alpha value is -1.06. The normalized spacial score (nSPS) is 24.4. The minimum absolute atomic E-state index is 0.141. The fraction of sp³-hybridized carbons (Fsp3) is 0.632. The van der Waals surface area contributed by atoms with Crippen molar-refractivity contribution in [1.29, 1.82) is 0 Å². The SMILES string of the molecule is NC1CCCC(C(=O)N(CCc2ccc(Cl)cc2)CC2CC2)C1. The van der Waals surface area contributed by atoms with E-state index < -0.39 is 0 Å². The Balaban J connectivity index is 1.59. The van der Waals surface area contributed by atoms with Gasteiger partial charge in [0.2, 0.25) is 5.91 Å². The fourth-order valence-electron chi connectivity index (χ4n) is 3.53. The predicted octanol–water partition coefficient (Wildman–Crippen LogP) is 3.64. The van der Waals surface area contributed by atoms with Crippen LogP contribution in [-0.2, 0) is 11.2 Å². The van der Waals surface area contributed by atoms with Crippen molar-refractivity contribution in [2.24, 2.45) is 17.6 Å². The predicted molar refractivity (Wildman–Crippen MR) is 94.4 cm³/mol. The first-order valence-electron chi connectivity index (χ1n) is 8.90. The lowest BCUT2D eigenvalue weighted by Gasteiger charge is -2.31. The summed E-state index contributed by atoms with van der Waals surface area (Å²) in [6.45, 7) is 1.74. The third-order valence-electron chi connectivity index (χ3n) is 5.13. The van der Waals surface area contributed by atoms with Crippen molar-refractivity contribution in [2.75, 3.05) is 13.1 Å². The lowest BCUT2D eigenvalue weighted by atomic mass is 9.85. The maximum atomic E-state index is 12.9. The molecule has 3 rings (SSSR count). The van der Waals surface area contributed by atoms with Crippen LogP contribution < -0.4 is 5.73 Å². The van der Waals surface area contributed by atoms with Crippen LogP contribution in [0.4, 0.5) is 0 Å². The molecular weight excluding hydrogens is 308 g/mol. The maximum absolute atomic E-state index is 12.9. The van der Waals surface area contributed by atoms with Crippen LogP contribution in [0.15, 0.2) is 24.3 Å². The van der Waals surface area contributed by atoms with Crippen LogP contribution in [0.3, 0.4) is 0 Å². The first-order valence-corrected chi connectivity index (χ1v) is 9.28. The monoisotopic (exact) mass is 334 g/mol. The lowest BCUT2D eigenvalue weighted by Crippen LogP contribution is -2.42. The molecule has 2 unspecified atom stereocenters. The van der Waals surface area contributed by atoms with E-state index in [1.54, 1.807) is 0 Å². The van der Waals surface area contributed by atoms with Gasteiger partial charge in [0.15, 0.2) is 0 Å². The Kier molecular flexibility index (Phi) is 5.60. The zero-order valence-electron chi connectivity index (χ0n) is 13.7. The molecule has 0 heterocycles. The molecule has 0 bridgehead atoms. The van der Waals surface area contributed by atoms with Crippen LogP contribution in [0, 0.1) is 11.8 Å². The second-order valence-electron chi connectivity index (χ2n) is 7.23. The van der Waals surface area contributed by atoms with Gasteiger partial charge in [0.1, 0.15) is 0 Å². The Labute approximate surface area is 144 Å². The van der Waals surface area contributed by atoms with Gasteiger partial charge < -0.3 is 10.6 Å². The van der Waals surface area contributed by atoms with E-state index in [4.69, 9.17) is 17.3 Å². The highest BCUT2D eigenvalue weighted by atomic mass is 35.5. The van der Waals surface area contributed by atoms with Gasteiger partial charge in [-0.15, -0.1) is 0 Å².